The summed E-state index contributed by atoms with van der Waals surface area (Å²) in [5.41, 5.74) is 3.77. The molecule has 1 aliphatic heterocycles. The average molecular weight is 498 g/mol. The molecule has 1 fully saturated rings. The van der Waals surface area contributed by atoms with Crippen LogP contribution in [0.5, 0.6) is 0 Å². The summed E-state index contributed by atoms with van der Waals surface area (Å²) in [6.07, 6.45) is 1.64. The Morgan fingerprint density at radius 3 is 2.83 bits per heavy atom. The highest BCUT2D eigenvalue weighted by molar-refractivity contribution is 5.94. The van der Waals surface area contributed by atoms with Gasteiger partial charge in [-0.15, -0.1) is 0 Å². The molecule has 0 aliphatic carbocycles. The van der Waals surface area contributed by atoms with Gasteiger partial charge in [-0.1, -0.05) is 6.07 Å². The molecule has 2 atom stereocenters. The van der Waals surface area contributed by atoms with Crippen molar-refractivity contribution in [1.82, 2.24) is 14.9 Å². The lowest BCUT2D eigenvalue weighted by atomic mass is 9.94. The molecule has 3 aromatic rings. The van der Waals surface area contributed by atoms with Gasteiger partial charge in [0.15, 0.2) is 0 Å². The second kappa shape index (κ2) is 11.3. The molecule has 0 saturated carbocycles. The number of rotatable bonds is 8. The zero-order valence-electron chi connectivity index (χ0n) is 20.8. The standard InChI is InChI=1S/C27H32FN3O5/c1-4-35-10-8-29-26(33)20-6-5-18(12-22(20)28)11-19-13-21-25(17(3)16(19)2)30-15-31(27(21)34)23-7-9-36-14-24(23)32/h5-6,12-13,15,23-24,32H,4,7-11,14H2,1-3H3,(H,29,33)/t23-,24-/m0/s1. The van der Waals surface area contributed by atoms with Crippen molar-refractivity contribution in [1.29, 1.82) is 0 Å². The van der Waals surface area contributed by atoms with Gasteiger partial charge in [0.25, 0.3) is 11.5 Å². The van der Waals surface area contributed by atoms with Crippen LogP contribution in [0.3, 0.4) is 0 Å². The van der Waals surface area contributed by atoms with Gasteiger partial charge in [-0.2, -0.15) is 0 Å². The number of aromatic nitrogens is 2. The summed E-state index contributed by atoms with van der Waals surface area (Å²) >= 11 is 0. The number of nitrogens with zero attached hydrogens (tertiary/aromatic N) is 2. The van der Waals surface area contributed by atoms with Gasteiger partial charge >= 0.3 is 0 Å². The normalized spacial score (nSPS) is 17.9. The van der Waals surface area contributed by atoms with E-state index in [4.69, 9.17) is 9.47 Å². The predicted molar refractivity (Wildman–Crippen MR) is 134 cm³/mol. The number of aryl methyl sites for hydroxylation is 1. The quantitative estimate of drug-likeness (QED) is 0.464. The molecule has 0 bridgehead atoms. The molecule has 36 heavy (non-hydrogen) atoms. The minimum atomic E-state index is -0.778. The molecule has 0 unspecified atom stereocenters. The second-order valence-corrected chi connectivity index (χ2v) is 9.08. The Labute approximate surface area is 209 Å². The van der Waals surface area contributed by atoms with Crippen LogP contribution in [0.15, 0.2) is 35.4 Å². The van der Waals surface area contributed by atoms with Crippen LogP contribution in [0.1, 0.15) is 52.0 Å². The summed E-state index contributed by atoms with van der Waals surface area (Å²) in [4.78, 5) is 30.2. The molecular weight excluding hydrogens is 465 g/mol. The summed E-state index contributed by atoms with van der Waals surface area (Å²) in [6, 6.07) is 5.97. The number of aliphatic hydroxyl groups excluding tert-OH is 1. The maximum absolute atomic E-state index is 14.8. The van der Waals surface area contributed by atoms with Gasteiger partial charge in [-0.05, 0) is 74.1 Å². The van der Waals surface area contributed by atoms with Crippen LogP contribution in [0.2, 0.25) is 0 Å². The number of aliphatic hydroxyl groups is 1. The molecule has 4 rings (SSSR count). The zero-order chi connectivity index (χ0) is 25.8. The van der Waals surface area contributed by atoms with E-state index in [2.05, 4.69) is 10.3 Å². The smallest absolute Gasteiger partial charge is 0.261 e. The van der Waals surface area contributed by atoms with Crippen molar-refractivity contribution >= 4 is 16.8 Å². The van der Waals surface area contributed by atoms with Crippen LogP contribution in [0.25, 0.3) is 10.9 Å². The first-order valence-corrected chi connectivity index (χ1v) is 12.2. The van der Waals surface area contributed by atoms with E-state index in [1.165, 1.54) is 23.0 Å². The van der Waals surface area contributed by atoms with E-state index < -0.39 is 23.9 Å². The second-order valence-electron chi connectivity index (χ2n) is 9.08. The Kier molecular flexibility index (Phi) is 8.13. The third-order valence-corrected chi connectivity index (χ3v) is 6.81. The van der Waals surface area contributed by atoms with Gasteiger partial charge in [0, 0.05) is 19.8 Å². The lowest BCUT2D eigenvalue weighted by Crippen LogP contribution is -2.39. The van der Waals surface area contributed by atoms with Gasteiger partial charge in [0.05, 0.1) is 48.2 Å². The van der Waals surface area contributed by atoms with Crippen LogP contribution < -0.4 is 10.9 Å². The van der Waals surface area contributed by atoms with E-state index in [1.54, 1.807) is 6.07 Å². The average Bonchev–Trinajstić information content (AvgIpc) is 2.86. The van der Waals surface area contributed by atoms with Crippen molar-refractivity contribution in [3.05, 3.63) is 74.6 Å². The Balaban J connectivity index is 1.62. The zero-order valence-corrected chi connectivity index (χ0v) is 20.8. The lowest BCUT2D eigenvalue weighted by Gasteiger charge is -2.29. The van der Waals surface area contributed by atoms with E-state index in [0.29, 0.717) is 55.7 Å². The summed E-state index contributed by atoms with van der Waals surface area (Å²) < 4.78 is 26.8. The van der Waals surface area contributed by atoms with Crippen LogP contribution >= 0.6 is 0 Å². The van der Waals surface area contributed by atoms with E-state index in [-0.39, 0.29) is 17.7 Å². The molecule has 2 aromatic carbocycles. The minimum absolute atomic E-state index is 0.0243. The summed E-state index contributed by atoms with van der Waals surface area (Å²) in [6.45, 7) is 7.60. The lowest BCUT2D eigenvalue weighted by molar-refractivity contribution is -0.0395. The number of amides is 1. The van der Waals surface area contributed by atoms with Crippen LogP contribution in [-0.4, -0.2) is 59.6 Å². The van der Waals surface area contributed by atoms with E-state index in [0.717, 1.165) is 16.7 Å². The summed E-state index contributed by atoms with van der Waals surface area (Å²) in [7, 11) is 0. The van der Waals surface area contributed by atoms with E-state index in [9.17, 15) is 19.1 Å². The molecule has 9 heteroatoms. The number of ether oxygens (including phenoxy) is 2. The molecule has 2 N–H and O–H groups in total. The molecule has 0 radical (unpaired) electrons. The van der Waals surface area contributed by atoms with Crippen molar-refractivity contribution in [2.45, 2.75) is 45.8 Å². The molecule has 1 aromatic heterocycles. The molecule has 192 valence electrons. The third kappa shape index (κ3) is 5.33. The van der Waals surface area contributed by atoms with Crippen molar-refractivity contribution < 1.29 is 23.8 Å². The Hall–Kier alpha value is -3.14. The van der Waals surface area contributed by atoms with Gasteiger partial charge in [0.2, 0.25) is 0 Å². The Bertz CT molecular complexity index is 1320. The number of hydrogen-bond donors (Lipinski definition) is 2. The maximum atomic E-state index is 14.8. The number of benzene rings is 2. The fourth-order valence-corrected chi connectivity index (χ4v) is 4.62. The summed E-state index contributed by atoms with van der Waals surface area (Å²) in [5.74, 6) is -1.09. The first-order chi connectivity index (χ1) is 17.3. The topological polar surface area (TPSA) is 103 Å². The van der Waals surface area contributed by atoms with Crippen LogP contribution in [0.4, 0.5) is 4.39 Å². The Morgan fingerprint density at radius 1 is 1.31 bits per heavy atom. The van der Waals surface area contributed by atoms with Crippen molar-refractivity contribution in [3.63, 3.8) is 0 Å². The molecule has 8 nitrogen and oxygen atoms in total. The Morgan fingerprint density at radius 2 is 2.11 bits per heavy atom. The van der Waals surface area contributed by atoms with Crippen LogP contribution in [-0.2, 0) is 15.9 Å². The number of carbonyl (C=O) groups is 1. The predicted octanol–water partition coefficient (Wildman–Crippen LogP) is 2.83. The van der Waals surface area contributed by atoms with Gasteiger partial charge in [0.1, 0.15) is 5.82 Å². The largest absolute Gasteiger partial charge is 0.389 e. The first-order valence-electron chi connectivity index (χ1n) is 12.2. The van der Waals surface area contributed by atoms with Gasteiger partial charge in [-0.25, -0.2) is 9.37 Å². The highest BCUT2D eigenvalue weighted by Gasteiger charge is 2.27. The number of nitrogens with one attached hydrogen (secondary N) is 1. The maximum Gasteiger partial charge on any atom is 0.261 e. The molecule has 1 aliphatic rings. The number of hydrogen-bond acceptors (Lipinski definition) is 6. The van der Waals surface area contributed by atoms with E-state index >= 15 is 0 Å². The molecule has 2 heterocycles. The molecule has 1 amide bonds. The van der Waals surface area contributed by atoms with Gasteiger partial charge in [-0.3, -0.25) is 14.2 Å². The fraction of sp³-hybridized carbons (Fsp3) is 0.444. The first kappa shape index (κ1) is 25.9. The number of carbonyl (C=O) groups excluding carboxylic acids is 1. The summed E-state index contributed by atoms with van der Waals surface area (Å²) in [5, 5.41) is 13.5. The van der Waals surface area contributed by atoms with Crippen molar-refractivity contribution in [3.8, 4) is 0 Å². The van der Waals surface area contributed by atoms with Crippen LogP contribution in [0, 0.1) is 19.7 Å². The highest BCUT2D eigenvalue weighted by atomic mass is 19.1. The minimum Gasteiger partial charge on any atom is -0.389 e. The number of halogens is 1. The van der Waals surface area contributed by atoms with Crippen molar-refractivity contribution in [2.75, 3.05) is 33.0 Å². The molecule has 1 saturated heterocycles. The highest BCUT2D eigenvalue weighted by Crippen LogP contribution is 2.26. The SMILES string of the molecule is CCOCCNC(=O)c1ccc(Cc2cc3c(=O)n([C@H]4CCOC[C@@H]4O)cnc3c(C)c2C)cc1F. The number of fused-ring (bicyclic) bond motifs is 1. The molecule has 0 spiro atoms. The van der Waals surface area contributed by atoms with Crippen molar-refractivity contribution in [2.24, 2.45) is 0 Å². The van der Waals surface area contributed by atoms with E-state index in [1.807, 2.05) is 26.8 Å². The third-order valence-electron chi connectivity index (χ3n) is 6.81. The fourth-order valence-electron chi connectivity index (χ4n) is 4.62. The van der Waals surface area contributed by atoms with Gasteiger partial charge < -0.3 is 19.9 Å². The molecular formula is C27H32FN3O5. The monoisotopic (exact) mass is 497 g/mol.